The standard InChI is InChI=1S/C22H28N2O6S/c1-4-7-16-9-11-17(12-10-16)19-14-18(29-23-19)15-22(2,31(3,26)27)21(25)24-30-20-8-5-6-13-28-20/h9-12,18,20H,5-6,8,13-15H2,1-3H3,(H,24,25)/t18?,20?,22-/m1/s1. The molecule has 3 rings (SSSR count). The Kier molecular flexibility index (Phi) is 7.36. The lowest BCUT2D eigenvalue weighted by atomic mass is 9.96. The van der Waals surface area contributed by atoms with Crippen LogP contribution in [0.25, 0.3) is 0 Å². The molecule has 2 aliphatic rings. The third-order valence-corrected chi connectivity index (χ3v) is 7.55. The summed E-state index contributed by atoms with van der Waals surface area (Å²) in [6.45, 7) is 3.70. The minimum Gasteiger partial charge on any atom is -0.392 e. The first-order valence-electron chi connectivity index (χ1n) is 10.3. The normalized spacial score (nSPS) is 23.0. The molecule has 1 fully saturated rings. The Bertz CT molecular complexity index is 987. The highest BCUT2D eigenvalue weighted by atomic mass is 32.2. The van der Waals surface area contributed by atoms with Crippen LogP contribution in [0.1, 0.15) is 57.1 Å². The van der Waals surface area contributed by atoms with Crippen molar-refractivity contribution in [2.24, 2.45) is 5.16 Å². The molecule has 0 radical (unpaired) electrons. The van der Waals surface area contributed by atoms with E-state index < -0.39 is 32.9 Å². The Morgan fingerprint density at radius 2 is 2.06 bits per heavy atom. The minimum absolute atomic E-state index is 0.0566. The van der Waals surface area contributed by atoms with Crippen LogP contribution in [-0.2, 0) is 29.0 Å². The first-order chi connectivity index (χ1) is 14.7. The zero-order chi connectivity index (χ0) is 22.5. The number of benzene rings is 1. The van der Waals surface area contributed by atoms with Crippen molar-refractivity contribution in [1.82, 2.24) is 5.48 Å². The van der Waals surface area contributed by atoms with E-state index in [1.165, 1.54) is 6.92 Å². The van der Waals surface area contributed by atoms with E-state index >= 15 is 0 Å². The largest absolute Gasteiger partial charge is 0.392 e. The molecule has 0 bridgehead atoms. The second kappa shape index (κ2) is 9.81. The molecule has 1 saturated heterocycles. The van der Waals surface area contributed by atoms with Gasteiger partial charge in [-0.25, -0.2) is 18.7 Å². The summed E-state index contributed by atoms with van der Waals surface area (Å²) in [7, 11) is -3.78. The van der Waals surface area contributed by atoms with Crippen molar-refractivity contribution < 1.29 is 27.6 Å². The van der Waals surface area contributed by atoms with Crippen LogP contribution in [0.4, 0.5) is 0 Å². The van der Waals surface area contributed by atoms with Crippen LogP contribution in [0.3, 0.4) is 0 Å². The number of amides is 1. The van der Waals surface area contributed by atoms with E-state index in [9.17, 15) is 13.2 Å². The van der Waals surface area contributed by atoms with Crippen LogP contribution in [0, 0.1) is 11.8 Å². The Hall–Kier alpha value is -2.41. The van der Waals surface area contributed by atoms with Crippen LogP contribution in [0.15, 0.2) is 29.4 Å². The van der Waals surface area contributed by atoms with E-state index in [0.717, 1.165) is 30.2 Å². The quantitative estimate of drug-likeness (QED) is 0.507. The monoisotopic (exact) mass is 448 g/mol. The van der Waals surface area contributed by atoms with E-state index in [4.69, 9.17) is 14.4 Å². The summed E-state index contributed by atoms with van der Waals surface area (Å²) in [6, 6.07) is 7.57. The van der Waals surface area contributed by atoms with Crippen LogP contribution in [0.5, 0.6) is 0 Å². The summed E-state index contributed by atoms with van der Waals surface area (Å²) in [6.07, 6.45) is 2.75. The van der Waals surface area contributed by atoms with Gasteiger partial charge in [0.25, 0.3) is 5.91 Å². The van der Waals surface area contributed by atoms with Crippen molar-refractivity contribution in [1.29, 1.82) is 0 Å². The third-order valence-electron chi connectivity index (χ3n) is 5.56. The maximum Gasteiger partial charge on any atom is 0.264 e. The molecular formula is C22H28N2O6S. The van der Waals surface area contributed by atoms with Gasteiger partial charge in [-0.15, -0.1) is 5.92 Å². The molecule has 2 aliphatic heterocycles. The summed E-state index contributed by atoms with van der Waals surface area (Å²) in [5, 5.41) is 4.11. The topological polar surface area (TPSA) is 103 Å². The van der Waals surface area contributed by atoms with Crippen molar-refractivity contribution >= 4 is 21.5 Å². The first kappa shape index (κ1) is 23.3. The van der Waals surface area contributed by atoms with Crippen molar-refractivity contribution in [3.8, 4) is 11.8 Å². The number of hydrogen-bond acceptors (Lipinski definition) is 7. The fourth-order valence-corrected chi connectivity index (χ4v) is 4.34. The van der Waals surface area contributed by atoms with Gasteiger partial charge in [0.1, 0.15) is 6.10 Å². The predicted octanol–water partition coefficient (Wildman–Crippen LogP) is 2.32. The second-order valence-corrected chi connectivity index (χ2v) is 10.4. The highest BCUT2D eigenvalue weighted by Crippen LogP contribution is 2.29. The van der Waals surface area contributed by atoms with Gasteiger partial charge in [0.05, 0.1) is 5.71 Å². The Morgan fingerprint density at radius 1 is 1.32 bits per heavy atom. The van der Waals surface area contributed by atoms with Crippen molar-refractivity contribution in [2.45, 2.75) is 63.1 Å². The SMILES string of the molecule is CC#Cc1ccc(C2=NOC(C[C@](C)(C(=O)NOC3CCCCO3)S(C)(=O)=O)C2)cc1. The van der Waals surface area contributed by atoms with Gasteiger partial charge in [0.2, 0.25) is 0 Å². The number of hydroxylamine groups is 1. The Morgan fingerprint density at radius 3 is 2.68 bits per heavy atom. The second-order valence-electron chi connectivity index (χ2n) is 7.97. The lowest BCUT2D eigenvalue weighted by molar-refractivity contribution is -0.201. The maximum absolute atomic E-state index is 12.8. The van der Waals surface area contributed by atoms with Gasteiger partial charge < -0.3 is 9.57 Å². The molecule has 9 heteroatoms. The number of ether oxygens (including phenoxy) is 1. The number of rotatable bonds is 7. The summed E-state index contributed by atoms with van der Waals surface area (Å²) in [5.74, 6) is 5.07. The number of carbonyl (C=O) groups is 1. The highest BCUT2D eigenvalue weighted by Gasteiger charge is 2.47. The van der Waals surface area contributed by atoms with Crippen molar-refractivity contribution in [3.63, 3.8) is 0 Å². The third kappa shape index (κ3) is 5.64. The van der Waals surface area contributed by atoms with Crippen molar-refractivity contribution in [2.75, 3.05) is 12.9 Å². The number of carbonyl (C=O) groups excluding carboxylic acids is 1. The lowest BCUT2D eigenvalue weighted by Crippen LogP contribution is -2.52. The van der Waals surface area contributed by atoms with E-state index in [-0.39, 0.29) is 6.42 Å². The van der Waals surface area contributed by atoms with Crippen LogP contribution < -0.4 is 5.48 Å². The number of oxime groups is 1. The molecule has 1 amide bonds. The van der Waals surface area contributed by atoms with E-state index in [0.29, 0.717) is 25.2 Å². The fraction of sp³-hybridized carbons (Fsp3) is 0.545. The molecule has 8 nitrogen and oxygen atoms in total. The number of nitrogens with zero attached hydrogens (tertiary/aromatic N) is 1. The average Bonchev–Trinajstić information content (AvgIpc) is 3.21. The molecule has 31 heavy (non-hydrogen) atoms. The smallest absolute Gasteiger partial charge is 0.264 e. The predicted molar refractivity (Wildman–Crippen MR) is 116 cm³/mol. The number of nitrogens with one attached hydrogen (secondary N) is 1. The summed E-state index contributed by atoms with van der Waals surface area (Å²) < 4.78 is 28.7. The van der Waals surface area contributed by atoms with E-state index in [1.807, 2.05) is 24.3 Å². The summed E-state index contributed by atoms with van der Waals surface area (Å²) in [4.78, 5) is 23.6. The van der Waals surface area contributed by atoms with Gasteiger partial charge in [-0.05, 0) is 44.4 Å². The molecule has 0 aliphatic carbocycles. The molecule has 0 spiro atoms. The molecule has 1 N–H and O–H groups in total. The van der Waals surface area contributed by atoms with Crippen LogP contribution >= 0.6 is 0 Å². The van der Waals surface area contributed by atoms with Gasteiger partial charge >= 0.3 is 0 Å². The highest BCUT2D eigenvalue weighted by molar-refractivity contribution is 7.92. The Labute approximate surface area is 183 Å². The van der Waals surface area contributed by atoms with Crippen molar-refractivity contribution in [3.05, 3.63) is 35.4 Å². The van der Waals surface area contributed by atoms with Gasteiger partial charge in [-0.2, -0.15) is 0 Å². The molecule has 168 valence electrons. The molecule has 2 heterocycles. The minimum atomic E-state index is -3.78. The van der Waals surface area contributed by atoms with E-state index in [1.54, 1.807) is 6.92 Å². The summed E-state index contributed by atoms with van der Waals surface area (Å²) >= 11 is 0. The zero-order valence-electron chi connectivity index (χ0n) is 18.0. The average molecular weight is 449 g/mol. The number of hydrogen-bond donors (Lipinski definition) is 1. The maximum atomic E-state index is 12.8. The molecule has 0 saturated carbocycles. The molecule has 2 unspecified atom stereocenters. The van der Waals surface area contributed by atoms with Gasteiger partial charge in [-0.3, -0.25) is 4.79 Å². The molecule has 1 aromatic carbocycles. The molecular weight excluding hydrogens is 420 g/mol. The van der Waals surface area contributed by atoms with Crippen LogP contribution in [0.2, 0.25) is 0 Å². The first-order valence-corrected chi connectivity index (χ1v) is 12.2. The zero-order valence-corrected chi connectivity index (χ0v) is 18.8. The van der Waals surface area contributed by atoms with E-state index in [2.05, 4.69) is 22.5 Å². The van der Waals surface area contributed by atoms with Gasteiger partial charge in [0, 0.05) is 37.7 Å². The molecule has 1 aromatic rings. The van der Waals surface area contributed by atoms with Gasteiger partial charge in [0.15, 0.2) is 20.9 Å². The fourth-order valence-electron chi connectivity index (χ4n) is 3.48. The van der Waals surface area contributed by atoms with Crippen LogP contribution in [-0.4, -0.2) is 50.0 Å². The Balaban J connectivity index is 1.64. The van der Waals surface area contributed by atoms with Gasteiger partial charge in [-0.1, -0.05) is 23.2 Å². The number of sulfone groups is 1. The summed E-state index contributed by atoms with van der Waals surface area (Å²) in [5.41, 5.74) is 4.75. The lowest BCUT2D eigenvalue weighted by Gasteiger charge is -2.29. The molecule has 0 aromatic heterocycles. The molecule has 3 atom stereocenters.